The Bertz CT molecular complexity index is 750. The lowest BCUT2D eigenvalue weighted by Gasteiger charge is -2.26. The van der Waals surface area contributed by atoms with E-state index >= 15 is 0 Å². The van der Waals surface area contributed by atoms with Gasteiger partial charge < -0.3 is 14.7 Å². The predicted molar refractivity (Wildman–Crippen MR) is 96.6 cm³/mol. The Kier molecular flexibility index (Phi) is 6.18. The molecule has 1 N–H and O–H groups in total. The van der Waals surface area contributed by atoms with Crippen molar-refractivity contribution < 1.29 is 24.2 Å². The van der Waals surface area contributed by atoms with E-state index in [2.05, 4.69) is 0 Å². The van der Waals surface area contributed by atoms with Gasteiger partial charge in [0.25, 0.3) is 5.91 Å². The van der Waals surface area contributed by atoms with Crippen LogP contribution in [0.2, 0.25) is 0 Å². The summed E-state index contributed by atoms with van der Waals surface area (Å²) in [7, 11) is 0. The van der Waals surface area contributed by atoms with E-state index in [1.165, 1.54) is 11.8 Å². The minimum absolute atomic E-state index is 0.103. The van der Waals surface area contributed by atoms with Crippen LogP contribution >= 0.6 is 0 Å². The van der Waals surface area contributed by atoms with Gasteiger partial charge in [0.05, 0.1) is 11.6 Å². The Balaban J connectivity index is 2.50. The van der Waals surface area contributed by atoms with Crippen molar-refractivity contribution in [3.8, 4) is 5.75 Å². The molecule has 140 valence electrons. The van der Waals surface area contributed by atoms with Crippen LogP contribution in [0.5, 0.6) is 5.75 Å². The monoisotopic (exact) mass is 359 g/mol. The molecule has 1 unspecified atom stereocenters. The van der Waals surface area contributed by atoms with Crippen molar-refractivity contribution in [3.63, 3.8) is 0 Å². The largest absolute Gasteiger partial charge is 0.503 e. The number of aliphatic hydroxyl groups excluding tert-OH is 1. The van der Waals surface area contributed by atoms with E-state index in [1.807, 2.05) is 20.8 Å². The molecule has 0 bridgehead atoms. The van der Waals surface area contributed by atoms with Gasteiger partial charge in [0.2, 0.25) is 0 Å². The molecule has 1 aromatic carbocycles. The fourth-order valence-corrected chi connectivity index (χ4v) is 3.15. The molecule has 0 saturated heterocycles. The number of carbonyl (C=O) groups is 3. The highest BCUT2D eigenvalue weighted by Crippen LogP contribution is 2.39. The fourth-order valence-electron chi connectivity index (χ4n) is 3.15. The van der Waals surface area contributed by atoms with Crippen LogP contribution in [-0.4, -0.2) is 34.2 Å². The Labute approximate surface area is 153 Å². The van der Waals surface area contributed by atoms with Gasteiger partial charge in [-0.3, -0.25) is 14.4 Å². The maximum absolute atomic E-state index is 12.7. The molecule has 1 aliphatic heterocycles. The second kappa shape index (κ2) is 8.17. The van der Waals surface area contributed by atoms with Crippen LogP contribution in [0.15, 0.2) is 35.6 Å². The second-order valence-electron chi connectivity index (χ2n) is 6.85. The number of Topliss-reactive ketones (excluding diaryl/α,β-unsaturated/α-hetero) is 1. The van der Waals surface area contributed by atoms with Crippen molar-refractivity contribution in [1.82, 2.24) is 4.90 Å². The molecule has 1 amide bonds. The van der Waals surface area contributed by atoms with Crippen LogP contribution < -0.4 is 4.74 Å². The molecule has 0 radical (unpaired) electrons. The topological polar surface area (TPSA) is 83.9 Å². The van der Waals surface area contributed by atoms with Gasteiger partial charge in [0, 0.05) is 19.9 Å². The summed E-state index contributed by atoms with van der Waals surface area (Å²) in [6.07, 6.45) is 0.928. The van der Waals surface area contributed by atoms with Gasteiger partial charge in [-0.1, -0.05) is 32.9 Å². The van der Waals surface area contributed by atoms with E-state index < -0.39 is 23.7 Å². The summed E-state index contributed by atoms with van der Waals surface area (Å²) >= 11 is 0. The average Bonchev–Trinajstić information content (AvgIpc) is 2.79. The zero-order valence-electron chi connectivity index (χ0n) is 15.6. The molecular weight excluding hydrogens is 334 g/mol. The van der Waals surface area contributed by atoms with E-state index in [-0.39, 0.29) is 23.7 Å². The third-order valence-corrected chi connectivity index (χ3v) is 4.10. The molecule has 1 atom stereocenters. The van der Waals surface area contributed by atoms with Gasteiger partial charge in [-0.2, -0.15) is 0 Å². The van der Waals surface area contributed by atoms with Gasteiger partial charge in [-0.25, -0.2) is 0 Å². The first kappa shape index (κ1) is 19.7. The summed E-state index contributed by atoms with van der Waals surface area (Å²) in [5, 5.41) is 10.4. The Morgan fingerprint density at radius 1 is 1.31 bits per heavy atom. The zero-order valence-corrected chi connectivity index (χ0v) is 15.6. The van der Waals surface area contributed by atoms with Crippen molar-refractivity contribution >= 4 is 17.7 Å². The number of amides is 1. The van der Waals surface area contributed by atoms with Crippen molar-refractivity contribution in [2.75, 3.05) is 6.54 Å². The number of hydrogen-bond acceptors (Lipinski definition) is 5. The van der Waals surface area contributed by atoms with Crippen LogP contribution in [0.4, 0.5) is 0 Å². The summed E-state index contributed by atoms with van der Waals surface area (Å²) in [6.45, 7) is 7.45. The number of benzene rings is 1. The van der Waals surface area contributed by atoms with Crippen LogP contribution in [0.1, 0.15) is 52.1 Å². The molecule has 6 nitrogen and oxygen atoms in total. The minimum Gasteiger partial charge on any atom is -0.503 e. The van der Waals surface area contributed by atoms with Gasteiger partial charge in [0.1, 0.15) is 5.75 Å². The van der Waals surface area contributed by atoms with Crippen LogP contribution in [0.25, 0.3) is 0 Å². The maximum Gasteiger partial charge on any atom is 0.308 e. The quantitative estimate of drug-likeness (QED) is 0.596. The van der Waals surface area contributed by atoms with E-state index in [4.69, 9.17) is 4.74 Å². The summed E-state index contributed by atoms with van der Waals surface area (Å²) in [5.41, 5.74) is 0.749. The first-order chi connectivity index (χ1) is 12.3. The molecule has 1 aliphatic rings. The molecule has 1 aromatic rings. The normalized spacial score (nSPS) is 17.2. The highest BCUT2D eigenvalue weighted by molar-refractivity contribution is 6.09. The average molecular weight is 359 g/mol. The molecule has 0 saturated carbocycles. The fraction of sp³-hybridized carbons (Fsp3) is 0.450. The van der Waals surface area contributed by atoms with Crippen LogP contribution in [0, 0.1) is 5.92 Å². The summed E-state index contributed by atoms with van der Waals surface area (Å²) < 4.78 is 5.12. The van der Waals surface area contributed by atoms with E-state index in [0.29, 0.717) is 24.3 Å². The number of nitrogens with zero attached hydrogens (tertiary/aromatic N) is 1. The standard InChI is InChI=1S/C20H25NO5/c1-5-9-21-18(14-7-6-8-15(11-14)26-13(4)22)17(19(24)20(21)25)16(23)10-12(2)3/h6-8,11-12,18,24H,5,9-10H2,1-4H3. The Morgan fingerprint density at radius 2 is 2.00 bits per heavy atom. The van der Waals surface area contributed by atoms with Gasteiger partial charge >= 0.3 is 5.97 Å². The van der Waals surface area contributed by atoms with Gasteiger partial charge in [-0.15, -0.1) is 0 Å². The molecule has 0 aromatic heterocycles. The number of ether oxygens (including phenoxy) is 1. The highest BCUT2D eigenvalue weighted by Gasteiger charge is 2.43. The van der Waals surface area contributed by atoms with E-state index in [0.717, 1.165) is 0 Å². The number of aliphatic hydroxyl groups is 1. The molecule has 1 heterocycles. The lowest BCUT2D eigenvalue weighted by Crippen LogP contribution is -2.32. The first-order valence-electron chi connectivity index (χ1n) is 8.81. The zero-order chi connectivity index (χ0) is 19.4. The third kappa shape index (κ3) is 4.12. The molecule has 6 heteroatoms. The van der Waals surface area contributed by atoms with Crippen molar-refractivity contribution in [2.24, 2.45) is 5.92 Å². The van der Waals surface area contributed by atoms with E-state index in [9.17, 15) is 19.5 Å². The first-order valence-corrected chi connectivity index (χ1v) is 8.81. The minimum atomic E-state index is -0.677. The lowest BCUT2D eigenvalue weighted by molar-refractivity contribution is -0.132. The van der Waals surface area contributed by atoms with Crippen molar-refractivity contribution in [3.05, 3.63) is 41.2 Å². The van der Waals surface area contributed by atoms with Crippen molar-refractivity contribution in [1.29, 1.82) is 0 Å². The smallest absolute Gasteiger partial charge is 0.308 e. The van der Waals surface area contributed by atoms with Crippen LogP contribution in [-0.2, 0) is 14.4 Å². The maximum atomic E-state index is 12.7. The predicted octanol–water partition coefficient (Wildman–Crippen LogP) is 3.33. The molecule has 26 heavy (non-hydrogen) atoms. The van der Waals surface area contributed by atoms with Gasteiger partial charge in [0.15, 0.2) is 11.5 Å². The molecular formula is C20H25NO5. The number of ketones is 1. The number of esters is 1. The van der Waals surface area contributed by atoms with Crippen molar-refractivity contribution in [2.45, 2.75) is 46.6 Å². The Morgan fingerprint density at radius 3 is 2.58 bits per heavy atom. The highest BCUT2D eigenvalue weighted by atomic mass is 16.5. The SMILES string of the molecule is CCCN1C(=O)C(O)=C(C(=O)CC(C)C)C1c1cccc(OC(C)=O)c1. The number of rotatable bonds is 7. The summed E-state index contributed by atoms with van der Waals surface area (Å²) in [6, 6.07) is 6.04. The lowest BCUT2D eigenvalue weighted by atomic mass is 9.92. The Hall–Kier alpha value is -2.63. The molecule has 0 spiro atoms. The number of carbonyl (C=O) groups excluding carboxylic acids is 3. The molecule has 0 fully saturated rings. The second-order valence-corrected chi connectivity index (χ2v) is 6.85. The molecule has 2 rings (SSSR count). The third-order valence-electron chi connectivity index (χ3n) is 4.10. The van der Waals surface area contributed by atoms with Crippen LogP contribution in [0.3, 0.4) is 0 Å². The van der Waals surface area contributed by atoms with E-state index in [1.54, 1.807) is 24.3 Å². The summed E-state index contributed by atoms with van der Waals surface area (Å²) in [5.74, 6) is -1.28. The number of hydrogen-bond donors (Lipinski definition) is 1. The molecule has 0 aliphatic carbocycles. The summed E-state index contributed by atoms with van der Waals surface area (Å²) in [4.78, 5) is 38.0. The van der Waals surface area contributed by atoms with Gasteiger partial charge in [-0.05, 0) is 30.0 Å².